The molecule has 1 aliphatic rings. The Morgan fingerprint density at radius 1 is 1.21 bits per heavy atom. The van der Waals surface area contributed by atoms with E-state index in [2.05, 4.69) is 10.00 Å². The standard InChI is InChI=1S/C18H25N3O2S/c1-16-13-19-21(14-16)15-17-7-5-6-10-20(17)11-12-24(22,23)18-8-3-2-4-9-18/h2-4,8-9,13-14,17H,5-7,10-12,15H2,1H3/t17-/m0/s1. The van der Waals surface area contributed by atoms with Crippen LogP contribution in [0.4, 0.5) is 0 Å². The Bertz CT molecular complexity index is 756. The maximum absolute atomic E-state index is 12.5. The summed E-state index contributed by atoms with van der Waals surface area (Å²) in [6.07, 6.45) is 7.36. The minimum absolute atomic E-state index is 0.172. The maximum atomic E-state index is 12.5. The van der Waals surface area contributed by atoms with Gasteiger partial charge in [-0.3, -0.25) is 9.58 Å². The van der Waals surface area contributed by atoms with Gasteiger partial charge in [0, 0.05) is 18.8 Å². The summed E-state index contributed by atoms with van der Waals surface area (Å²) in [6.45, 7) is 4.42. The average Bonchev–Trinajstić information content (AvgIpc) is 3.00. The van der Waals surface area contributed by atoms with Gasteiger partial charge in [0.05, 0.1) is 23.4 Å². The number of aryl methyl sites for hydroxylation is 1. The van der Waals surface area contributed by atoms with Crippen LogP contribution in [0.3, 0.4) is 0 Å². The summed E-state index contributed by atoms with van der Waals surface area (Å²) in [5.74, 6) is 0.172. The molecule has 1 atom stereocenters. The van der Waals surface area contributed by atoms with E-state index in [-0.39, 0.29) is 5.75 Å². The molecule has 5 nitrogen and oxygen atoms in total. The largest absolute Gasteiger partial charge is 0.298 e. The Morgan fingerprint density at radius 2 is 2.00 bits per heavy atom. The summed E-state index contributed by atoms with van der Waals surface area (Å²) < 4.78 is 27.0. The van der Waals surface area contributed by atoms with Gasteiger partial charge in [-0.15, -0.1) is 0 Å². The van der Waals surface area contributed by atoms with E-state index in [1.54, 1.807) is 24.3 Å². The zero-order valence-electron chi connectivity index (χ0n) is 14.1. The van der Waals surface area contributed by atoms with Crippen molar-refractivity contribution in [2.24, 2.45) is 0 Å². The predicted molar refractivity (Wildman–Crippen MR) is 94.7 cm³/mol. The minimum atomic E-state index is -3.22. The van der Waals surface area contributed by atoms with Gasteiger partial charge in [-0.05, 0) is 44.0 Å². The molecule has 1 aromatic carbocycles. The molecule has 0 unspecified atom stereocenters. The molecule has 0 spiro atoms. The van der Waals surface area contributed by atoms with Crippen LogP contribution in [0.15, 0.2) is 47.6 Å². The van der Waals surface area contributed by atoms with Crippen molar-refractivity contribution in [2.75, 3.05) is 18.8 Å². The second kappa shape index (κ2) is 7.49. The Balaban J connectivity index is 1.63. The highest BCUT2D eigenvalue weighted by Gasteiger charge is 2.25. The molecule has 0 amide bonds. The number of piperidine rings is 1. The molecular formula is C18H25N3O2S. The SMILES string of the molecule is Cc1cnn(C[C@@H]2CCCCN2CCS(=O)(=O)c2ccccc2)c1. The molecule has 0 aliphatic carbocycles. The number of hydrogen-bond donors (Lipinski definition) is 0. The van der Waals surface area contributed by atoms with Gasteiger partial charge >= 0.3 is 0 Å². The fourth-order valence-corrected chi connectivity index (χ4v) is 4.61. The Kier molecular flexibility index (Phi) is 5.36. The van der Waals surface area contributed by atoms with Crippen molar-refractivity contribution < 1.29 is 8.42 Å². The third kappa shape index (κ3) is 4.24. The second-order valence-electron chi connectivity index (χ2n) is 6.56. The van der Waals surface area contributed by atoms with Gasteiger partial charge in [0.25, 0.3) is 0 Å². The van der Waals surface area contributed by atoms with Crippen LogP contribution >= 0.6 is 0 Å². The van der Waals surface area contributed by atoms with E-state index in [9.17, 15) is 8.42 Å². The summed E-state index contributed by atoms with van der Waals surface area (Å²) in [6, 6.07) is 9.11. The second-order valence-corrected chi connectivity index (χ2v) is 8.67. The van der Waals surface area contributed by atoms with Gasteiger partial charge in [0.15, 0.2) is 9.84 Å². The molecule has 0 saturated carbocycles. The third-order valence-corrected chi connectivity index (χ3v) is 6.37. The van der Waals surface area contributed by atoms with Crippen molar-refractivity contribution in [1.29, 1.82) is 0 Å². The van der Waals surface area contributed by atoms with Gasteiger partial charge in [-0.1, -0.05) is 24.6 Å². The summed E-state index contributed by atoms with van der Waals surface area (Å²) in [4.78, 5) is 2.74. The number of hydrogen-bond acceptors (Lipinski definition) is 4. The molecule has 130 valence electrons. The first-order chi connectivity index (χ1) is 11.5. The van der Waals surface area contributed by atoms with Gasteiger partial charge < -0.3 is 0 Å². The van der Waals surface area contributed by atoms with Crippen molar-refractivity contribution >= 4 is 9.84 Å². The van der Waals surface area contributed by atoms with E-state index in [4.69, 9.17) is 0 Å². The van der Waals surface area contributed by atoms with Crippen molar-refractivity contribution in [2.45, 2.75) is 43.7 Å². The molecule has 6 heteroatoms. The van der Waals surface area contributed by atoms with Crippen LogP contribution < -0.4 is 0 Å². The Hall–Kier alpha value is -1.66. The lowest BCUT2D eigenvalue weighted by atomic mass is 10.0. The summed E-state index contributed by atoms with van der Waals surface area (Å²) >= 11 is 0. The lowest BCUT2D eigenvalue weighted by molar-refractivity contribution is 0.137. The number of aromatic nitrogens is 2. The average molecular weight is 347 g/mol. The first kappa shape index (κ1) is 17.2. The van der Waals surface area contributed by atoms with Crippen LogP contribution in [0, 0.1) is 6.92 Å². The molecule has 1 aliphatic heterocycles. The van der Waals surface area contributed by atoms with Crippen molar-refractivity contribution in [3.63, 3.8) is 0 Å². The van der Waals surface area contributed by atoms with E-state index in [1.165, 1.54) is 6.42 Å². The van der Waals surface area contributed by atoms with Crippen molar-refractivity contribution in [3.8, 4) is 0 Å². The molecule has 3 rings (SSSR count). The van der Waals surface area contributed by atoms with E-state index in [0.717, 1.165) is 31.5 Å². The molecule has 0 N–H and O–H groups in total. The number of benzene rings is 1. The molecule has 2 aromatic rings. The van der Waals surface area contributed by atoms with Crippen LogP contribution in [0.2, 0.25) is 0 Å². The zero-order chi connectivity index (χ0) is 17.0. The van der Waals surface area contributed by atoms with E-state index < -0.39 is 9.84 Å². The quantitative estimate of drug-likeness (QED) is 0.806. The Labute approximate surface area is 144 Å². The number of nitrogens with zero attached hydrogens (tertiary/aromatic N) is 3. The third-order valence-electron chi connectivity index (χ3n) is 4.66. The predicted octanol–water partition coefficient (Wildman–Crippen LogP) is 2.52. The maximum Gasteiger partial charge on any atom is 0.179 e. The van der Waals surface area contributed by atoms with Gasteiger partial charge in [0.2, 0.25) is 0 Å². The molecule has 2 heterocycles. The van der Waals surface area contributed by atoms with E-state index >= 15 is 0 Å². The smallest absolute Gasteiger partial charge is 0.179 e. The molecule has 1 fully saturated rings. The molecule has 1 aromatic heterocycles. The fraction of sp³-hybridized carbons (Fsp3) is 0.500. The first-order valence-electron chi connectivity index (χ1n) is 8.55. The van der Waals surface area contributed by atoms with Crippen LogP contribution in [0.5, 0.6) is 0 Å². The molecule has 0 bridgehead atoms. The van der Waals surface area contributed by atoms with E-state index in [0.29, 0.717) is 17.5 Å². The van der Waals surface area contributed by atoms with Crippen LogP contribution in [-0.2, 0) is 16.4 Å². The number of likely N-dealkylation sites (tertiary alicyclic amines) is 1. The molecule has 24 heavy (non-hydrogen) atoms. The molecular weight excluding hydrogens is 322 g/mol. The van der Waals surface area contributed by atoms with Crippen LogP contribution in [0.25, 0.3) is 0 Å². The topological polar surface area (TPSA) is 55.2 Å². The van der Waals surface area contributed by atoms with Gasteiger partial charge in [0.1, 0.15) is 0 Å². The first-order valence-corrected chi connectivity index (χ1v) is 10.2. The summed E-state index contributed by atoms with van der Waals surface area (Å²) in [5.41, 5.74) is 1.16. The van der Waals surface area contributed by atoms with E-state index in [1.807, 2.05) is 30.1 Å². The van der Waals surface area contributed by atoms with Crippen LogP contribution in [-0.4, -0.2) is 48.0 Å². The summed E-state index contributed by atoms with van der Waals surface area (Å²) in [7, 11) is -3.22. The number of sulfone groups is 1. The van der Waals surface area contributed by atoms with Gasteiger partial charge in [-0.2, -0.15) is 5.10 Å². The van der Waals surface area contributed by atoms with Crippen molar-refractivity contribution in [1.82, 2.24) is 14.7 Å². The highest BCUT2D eigenvalue weighted by molar-refractivity contribution is 7.91. The lowest BCUT2D eigenvalue weighted by Crippen LogP contribution is -2.44. The molecule has 0 radical (unpaired) electrons. The summed E-state index contributed by atoms with van der Waals surface area (Å²) in [5, 5.41) is 4.37. The van der Waals surface area contributed by atoms with Crippen LogP contribution in [0.1, 0.15) is 24.8 Å². The zero-order valence-corrected chi connectivity index (χ0v) is 15.0. The Morgan fingerprint density at radius 3 is 2.71 bits per heavy atom. The highest BCUT2D eigenvalue weighted by atomic mass is 32.2. The number of rotatable bonds is 6. The molecule has 1 saturated heterocycles. The minimum Gasteiger partial charge on any atom is -0.298 e. The normalized spacial score (nSPS) is 19.5. The lowest BCUT2D eigenvalue weighted by Gasteiger charge is -2.35. The fourth-order valence-electron chi connectivity index (χ4n) is 3.33. The monoisotopic (exact) mass is 347 g/mol. The van der Waals surface area contributed by atoms with Crippen molar-refractivity contribution in [3.05, 3.63) is 48.3 Å². The van der Waals surface area contributed by atoms with Gasteiger partial charge in [-0.25, -0.2) is 8.42 Å². The highest BCUT2D eigenvalue weighted by Crippen LogP contribution is 2.19.